The molecule has 0 aromatic carbocycles. The molecular weight excluding hydrogens is 228 g/mol. The molecule has 1 atom stereocenters. The van der Waals surface area contributed by atoms with Crippen molar-refractivity contribution in [2.75, 3.05) is 18.5 Å². The first-order valence-electron chi connectivity index (χ1n) is 6.58. The zero-order valence-corrected chi connectivity index (χ0v) is 11.1. The first kappa shape index (κ1) is 13.3. The average Bonchev–Trinajstić information content (AvgIpc) is 2.76. The highest BCUT2D eigenvalue weighted by molar-refractivity contribution is 5.41. The van der Waals surface area contributed by atoms with Crippen LogP contribution in [-0.2, 0) is 0 Å². The van der Waals surface area contributed by atoms with Crippen LogP contribution in [0.4, 0.5) is 5.82 Å². The van der Waals surface area contributed by atoms with Crippen LogP contribution in [0.3, 0.4) is 0 Å². The molecule has 100 valence electrons. The van der Waals surface area contributed by atoms with Gasteiger partial charge in [-0.25, -0.2) is 4.98 Å². The Bertz CT molecular complexity index is 401. The van der Waals surface area contributed by atoms with Crippen molar-refractivity contribution >= 4 is 5.82 Å². The molecule has 2 rings (SSSR count). The number of anilines is 1. The van der Waals surface area contributed by atoms with Gasteiger partial charge in [0.25, 0.3) is 0 Å². The van der Waals surface area contributed by atoms with Crippen LogP contribution in [0.5, 0.6) is 0 Å². The number of aromatic nitrogens is 1. The van der Waals surface area contributed by atoms with Crippen molar-refractivity contribution in [3.8, 4) is 0 Å². The summed E-state index contributed by atoms with van der Waals surface area (Å²) in [5.74, 6) is 0.800. The van der Waals surface area contributed by atoms with Gasteiger partial charge in [-0.05, 0) is 37.5 Å². The molecule has 4 heteroatoms. The van der Waals surface area contributed by atoms with E-state index >= 15 is 0 Å². The number of nitrogens with zero attached hydrogens (tertiary/aromatic N) is 2. The number of hydrogen-bond donors (Lipinski definition) is 2. The maximum absolute atomic E-state index is 10.4. The molecule has 0 radical (unpaired) electrons. The number of aliphatic hydroxyl groups excluding tert-OH is 1. The lowest BCUT2D eigenvalue weighted by atomic mass is 10.0. The van der Waals surface area contributed by atoms with Gasteiger partial charge in [-0.1, -0.05) is 12.8 Å². The third kappa shape index (κ3) is 3.00. The summed E-state index contributed by atoms with van der Waals surface area (Å²) < 4.78 is 0. The molecule has 4 nitrogen and oxygen atoms in total. The molecule has 1 unspecified atom stereocenters. The fourth-order valence-corrected chi connectivity index (χ4v) is 2.62. The van der Waals surface area contributed by atoms with Crippen LogP contribution >= 0.6 is 0 Å². The molecule has 1 aliphatic carbocycles. The minimum atomic E-state index is -0.572. The summed E-state index contributed by atoms with van der Waals surface area (Å²) in [5.41, 5.74) is 0.280. The van der Waals surface area contributed by atoms with Gasteiger partial charge in [0.2, 0.25) is 0 Å². The van der Waals surface area contributed by atoms with Crippen molar-refractivity contribution in [2.45, 2.75) is 44.3 Å². The predicted molar refractivity (Wildman–Crippen MR) is 71.6 cm³/mol. The molecule has 0 bridgehead atoms. The second-order valence-corrected chi connectivity index (χ2v) is 5.41. The Morgan fingerprint density at radius 1 is 1.44 bits per heavy atom. The van der Waals surface area contributed by atoms with E-state index in [0.717, 1.165) is 37.1 Å². The Morgan fingerprint density at radius 3 is 2.72 bits per heavy atom. The Balaban J connectivity index is 2.08. The largest absolute Gasteiger partial charge is 0.389 e. The second-order valence-electron chi connectivity index (χ2n) is 5.41. The van der Waals surface area contributed by atoms with Crippen molar-refractivity contribution < 1.29 is 10.2 Å². The summed E-state index contributed by atoms with van der Waals surface area (Å²) >= 11 is 0. The van der Waals surface area contributed by atoms with Crippen LogP contribution in [0.1, 0.15) is 44.3 Å². The number of aliphatic hydroxyl groups is 2. The standard InChI is InChI=1S/C14H22N2O2/c1-11(17)12-5-8-15-13(9-12)16(2)10-14(18)6-3-4-7-14/h5,8-9,11,17-18H,3-4,6-7,10H2,1-2H3. The normalized spacial score (nSPS) is 19.8. The third-order valence-electron chi connectivity index (χ3n) is 3.71. The van der Waals surface area contributed by atoms with E-state index in [0.29, 0.717) is 6.54 Å². The van der Waals surface area contributed by atoms with E-state index in [9.17, 15) is 10.2 Å². The SMILES string of the molecule is CC(O)c1ccnc(N(C)CC2(O)CCCC2)c1. The second kappa shape index (κ2) is 5.24. The highest BCUT2D eigenvalue weighted by Gasteiger charge is 2.32. The van der Waals surface area contributed by atoms with Crippen molar-refractivity contribution in [3.05, 3.63) is 23.9 Å². The molecule has 1 heterocycles. The Hall–Kier alpha value is -1.13. The zero-order chi connectivity index (χ0) is 13.2. The van der Waals surface area contributed by atoms with Crippen LogP contribution in [0, 0.1) is 0 Å². The summed E-state index contributed by atoms with van der Waals surface area (Å²) in [5, 5.41) is 20.0. The monoisotopic (exact) mass is 250 g/mol. The average molecular weight is 250 g/mol. The topological polar surface area (TPSA) is 56.6 Å². The van der Waals surface area contributed by atoms with Crippen LogP contribution in [0.2, 0.25) is 0 Å². The molecule has 1 aliphatic rings. The quantitative estimate of drug-likeness (QED) is 0.856. The lowest BCUT2D eigenvalue weighted by molar-refractivity contribution is 0.0558. The molecular formula is C14H22N2O2. The smallest absolute Gasteiger partial charge is 0.128 e. The van der Waals surface area contributed by atoms with E-state index in [1.807, 2.05) is 24.1 Å². The number of hydrogen-bond acceptors (Lipinski definition) is 4. The third-order valence-corrected chi connectivity index (χ3v) is 3.71. The van der Waals surface area contributed by atoms with E-state index < -0.39 is 11.7 Å². The Labute approximate surface area is 108 Å². The summed E-state index contributed by atoms with van der Waals surface area (Å²) in [4.78, 5) is 6.27. The Kier molecular flexibility index (Phi) is 3.88. The Morgan fingerprint density at radius 2 is 2.11 bits per heavy atom. The van der Waals surface area contributed by atoms with Gasteiger partial charge in [0.05, 0.1) is 11.7 Å². The maximum atomic E-state index is 10.4. The molecule has 1 aromatic heterocycles. The van der Waals surface area contributed by atoms with Gasteiger partial charge >= 0.3 is 0 Å². The van der Waals surface area contributed by atoms with Gasteiger partial charge in [-0.15, -0.1) is 0 Å². The minimum absolute atomic E-state index is 0.491. The van der Waals surface area contributed by atoms with E-state index in [1.165, 1.54) is 0 Å². The molecule has 1 saturated carbocycles. The number of rotatable bonds is 4. The summed E-state index contributed by atoms with van der Waals surface area (Å²) in [6.45, 7) is 2.34. The zero-order valence-electron chi connectivity index (χ0n) is 11.1. The number of likely N-dealkylation sites (N-methyl/N-ethyl adjacent to an activating group) is 1. The highest BCUT2D eigenvalue weighted by Crippen LogP contribution is 2.31. The summed E-state index contributed by atoms with van der Waals surface area (Å²) in [6, 6.07) is 3.69. The van der Waals surface area contributed by atoms with Gasteiger partial charge in [0.15, 0.2) is 0 Å². The van der Waals surface area contributed by atoms with Crippen molar-refractivity contribution in [1.82, 2.24) is 4.98 Å². The van der Waals surface area contributed by atoms with Gasteiger partial charge < -0.3 is 15.1 Å². The predicted octanol–water partition coefficient (Wildman–Crippen LogP) is 1.88. The molecule has 1 aromatic rings. The van der Waals surface area contributed by atoms with Gasteiger partial charge in [-0.2, -0.15) is 0 Å². The maximum Gasteiger partial charge on any atom is 0.128 e. The molecule has 18 heavy (non-hydrogen) atoms. The van der Waals surface area contributed by atoms with E-state index in [1.54, 1.807) is 13.1 Å². The van der Waals surface area contributed by atoms with Gasteiger partial charge in [0.1, 0.15) is 5.82 Å². The number of pyridine rings is 1. The molecule has 0 amide bonds. The van der Waals surface area contributed by atoms with E-state index in [4.69, 9.17) is 0 Å². The molecule has 1 fully saturated rings. The van der Waals surface area contributed by atoms with Crippen LogP contribution in [0.25, 0.3) is 0 Å². The molecule has 0 saturated heterocycles. The molecule has 0 aliphatic heterocycles. The van der Waals surface area contributed by atoms with Crippen LogP contribution < -0.4 is 4.90 Å². The molecule has 0 spiro atoms. The first-order chi connectivity index (χ1) is 8.50. The highest BCUT2D eigenvalue weighted by atomic mass is 16.3. The lowest BCUT2D eigenvalue weighted by Crippen LogP contribution is -2.39. The molecule has 2 N–H and O–H groups in total. The van der Waals surface area contributed by atoms with E-state index in [2.05, 4.69) is 4.98 Å². The van der Waals surface area contributed by atoms with Crippen molar-refractivity contribution in [2.24, 2.45) is 0 Å². The van der Waals surface area contributed by atoms with Crippen LogP contribution in [0.15, 0.2) is 18.3 Å². The lowest BCUT2D eigenvalue weighted by Gasteiger charge is -2.29. The minimum Gasteiger partial charge on any atom is -0.389 e. The van der Waals surface area contributed by atoms with Crippen molar-refractivity contribution in [3.63, 3.8) is 0 Å². The van der Waals surface area contributed by atoms with Gasteiger partial charge in [-0.3, -0.25) is 0 Å². The summed E-state index contributed by atoms with van der Waals surface area (Å²) in [7, 11) is 1.93. The van der Waals surface area contributed by atoms with E-state index in [-0.39, 0.29) is 0 Å². The van der Waals surface area contributed by atoms with Crippen LogP contribution in [-0.4, -0.2) is 34.4 Å². The first-order valence-corrected chi connectivity index (χ1v) is 6.58. The van der Waals surface area contributed by atoms with Crippen molar-refractivity contribution in [1.29, 1.82) is 0 Å². The fraction of sp³-hybridized carbons (Fsp3) is 0.643. The van der Waals surface area contributed by atoms with Gasteiger partial charge in [0, 0.05) is 19.8 Å². The fourth-order valence-electron chi connectivity index (χ4n) is 2.62. The summed E-state index contributed by atoms with van der Waals surface area (Å²) in [6.07, 6.45) is 5.15.